The van der Waals surface area contributed by atoms with Crippen molar-refractivity contribution in [1.29, 1.82) is 0 Å². The third kappa shape index (κ3) is 2.79. The van der Waals surface area contributed by atoms with Crippen molar-refractivity contribution in [3.63, 3.8) is 0 Å². The molecule has 0 aromatic carbocycles. The molecule has 0 spiro atoms. The zero-order valence-electron chi connectivity index (χ0n) is 11.9. The van der Waals surface area contributed by atoms with E-state index >= 15 is 0 Å². The smallest absolute Gasteiger partial charge is 0.148 e. The Kier molecular flexibility index (Phi) is 4.21. The summed E-state index contributed by atoms with van der Waals surface area (Å²) in [6.07, 6.45) is 4.58. The van der Waals surface area contributed by atoms with Gasteiger partial charge in [-0.15, -0.1) is 0 Å². The Morgan fingerprint density at radius 3 is 2.95 bits per heavy atom. The van der Waals surface area contributed by atoms with E-state index < -0.39 is 0 Å². The number of piperidine rings is 1. The van der Waals surface area contributed by atoms with Gasteiger partial charge in [0.1, 0.15) is 18.0 Å². The van der Waals surface area contributed by atoms with Crippen LogP contribution >= 0.6 is 0 Å². The number of nitrogens with two attached hydrogens (primary N) is 1. The molecule has 1 fully saturated rings. The molecule has 3 N–H and O–H groups in total. The second kappa shape index (κ2) is 5.71. The lowest BCUT2D eigenvalue weighted by Gasteiger charge is -2.40. The number of nitrogen functional groups attached to an aromatic ring is 1. The van der Waals surface area contributed by atoms with Crippen molar-refractivity contribution < 1.29 is 4.74 Å². The molecule has 6 heteroatoms. The lowest BCUT2D eigenvalue weighted by Crippen LogP contribution is -2.48. The molecule has 0 amide bonds. The van der Waals surface area contributed by atoms with E-state index in [1.54, 1.807) is 13.4 Å². The van der Waals surface area contributed by atoms with E-state index in [0.29, 0.717) is 5.82 Å². The van der Waals surface area contributed by atoms with Gasteiger partial charge < -0.3 is 15.1 Å². The van der Waals surface area contributed by atoms with Crippen LogP contribution in [-0.2, 0) is 11.2 Å². The summed E-state index contributed by atoms with van der Waals surface area (Å²) in [5.41, 5.74) is 3.61. The molecular formula is C13H23N5O. The van der Waals surface area contributed by atoms with Crippen LogP contribution in [0.1, 0.15) is 32.3 Å². The predicted molar refractivity (Wildman–Crippen MR) is 76.1 cm³/mol. The fraction of sp³-hybridized carbons (Fsp3) is 0.692. The van der Waals surface area contributed by atoms with Gasteiger partial charge in [-0.3, -0.25) is 0 Å². The highest BCUT2D eigenvalue weighted by atomic mass is 16.5. The summed E-state index contributed by atoms with van der Waals surface area (Å²) < 4.78 is 5.64. The first-order chi connectivity index (χ1) is 9.13. The molecule has 19 heavy (non-hydrogen) atoms. The fourth-order valence-electron chi connectivity index (χ4n) is 2.68. The third-order valence-corrected chi connectivity index (χ3v) is 3.86. The predicted octanol–water partition coefficient (Wildman–Crippen LogP) is 1.33. The lowest BCUT2D eigenvalue weighted by molar-refractivity contribution is -0.00484. The van der Waals surface area contributed by atoms with Crippen molar-refractivity contribution in [2.75, 3.05) is 30.5 Å². The number of anilines is 2. The topological polar surface area (TPSA) is 76.3 Å². The summed E-state index contributed by atoms with van der Waals surface area (Å²) in [6, 6.07) is 0. The van der Waals surface area contributed by atoms with Gasteiger partial charge in [0.15, 0.2) is 0 Å². The summed E-state index contributed by atoms with van der Waals surface area (Å²) >= 11 is 0. The van der Waals surface area contributed by atoms with Crippen LogP contribution in [0.5, 0.6) is 0 Å². The molecular weight excluding hydrogens is 242 g/mol. The first kappa shape index (κ1) is 14.0. The first-order valence-electron chi connectivity index (χ1n) is 6.74. The average Bonchev–Trinajstić information content (AvgIpc) is 2.46. The largest absolute Gasteiger partial charge is 0.377 e. The van der Waals surface area contributed by atoms with E-state index in [9.17, 15) is 0 Å². The van der Waals surface area contributed by atoms with Gasteiger partial charge >= 0.3 is 0 Å². The summed E-state index contributed by atoms with van der Waals surface area (Å²) in [5.74, 6) is 7.19. The van der Waals surface area contributed by atoms with E-state index in [-0.39, 0.29) is 5.60 Å². The minimum absolute atomic E-state index is 0.107. The molecule has 2 heterocycles. The number of hydrogen-bond acceptors (Lipinski definition) is 6. The number of ether oxygens (including phenoxy) is 1. The van der Waals surface area contributed by atoms with Crippen LogP contribution in [-0.4, -0.2) is 35.8 Å². The molecule has 1 saturated heterocycles. The maximum atomic E-state index is 5.64. The molecule has 1 aromatic heterocycles. The Bertz CT molecular complexity index is 439. The normalized spacial score (nSPS) is 23.5. The van der Waals surface area contributed by atoms with E-state index in [4.69, 9.17) is 10.6 Å². The molecule has 1 aliphatic heterocycles. The van der Waals surface area contributed by atoms with Crippen LogP contribution in [0.4, 0.5) is 11.6 Å². The van der Waals surface area contributed by atoms with Gasteiger partial charge in [0.25, 0.3) is 0 Å². The maximum Gasteiger partial charge on any atom is 0.148 e. The monoisotopic (exact) mass is 265 g/mol. The van der Waals surface area contributed by atoms with Crippen LogP contribution in [0.15, 0.2) is 6.33 Å². The Morgan fingerprint density at radius 2 is 2.32 bits per heavy atom. The number of hydrazine groups is 1. The van der Waals surface area contributed by atoms with Gasteiger partial charge in [0.2, 0.25) is 0 Å². The van der Waals surface area contributed by atoms with E-state index in [1.807, 2.05) is 0 Å². The number of aromatic nitrogens is 2. The molecule has 1 aliphatic rings. The fourth-order valence-corrected chi connectivity index (χ4v) is 2.68. The summed E-state index contributed by atoms with van der Waals surface area (Å²) in [4.78, 5) is 10.9. The van der Waals surface area contributed by atoms with Crippen molar-refractivity contribution in [3.8, 4) is 0 Å². The first-order valence-corrected chi connectivity index (χ1v) is 6.74. The number of methoxy groups -OCH3 is 1. The number of rotatable bonds is 4. The number of nitrogens with one attached hydrogen (secondary N) is 1. The molecule has 0 aliphatic carbocycles. The van der Waals surface area contributed by atoms with Crippen LogP contribution in [0.3, 0.4) is 0 Å². The lowest BCUT2D eigenvalue weighted by atomic mass is 9.94. The highest BCUT2D eigenvalue weighted by molar-refractivity contribution is 5.58. The Hall–Kier alpha value is -1.40. The highest BCUT2D eigenvalue weighted by Gasteiger charge is 2.32. The molecule has 1 atom stereocenters. The van der Waals surface area contributed by atoms with Gasteiger partial charge in [0.05, 0.1) is 5.60 Å². The minimum Gasteiger partial charge on any atom is -0.377 e. The standard InChI is InChI=1S/C13H23N5O/c1-4-10-11(17-14)15-9-16-12(10)18-7-5-6-13(2,8-18)19-3/h9H,4-8,14H2,1-3H3,(H,15,16,17). The van der Waals surface area contributed by atoms with Crippen LogP contribution in [0.2, 0.25) is 0 Å². The second-order valence-corrected chi connectivity index (χ2v) is 5.20. The van der Waals surface area contributed by atoms with Gasteiger partial charge in [-0.2, -0.15) is 0 Å². The van der Waals surface area contributed by atoms with E-state index in [1.165, 1.54) is 0 Å². The molecule has 6 nitrogen and oxygen atoms in total. The molecule has 1 unspecified atom stereocenters. The van der Waals surface area contributed by atoms with E-state index in [0.717, 1.165) is 43.7 Å². The Balaban J connectivity index is 2.31. The molecule has 0 bridgehead atoms. The van der Waals surface area contributed by atoms with E-state index in [2.05, 4.69) is 34.1 Å². The zero-order valence-corrected chi connectivity index (χ0v) is 11.9. The van der Waals surface area contributed by atoms with Gasteiger partial charge in [-0.05, 0) is 26.2 Å². The highest BCUT2D eigenvalue weighted by Crippen LogP contribution is 2.30. The number of nitrogens with zero attached hydrogens (tertiary/aromatic N) is 3. The summed E-state index contributed by atoms with van der Waals surface area (Å²) in [7, 11) is 1.77. The Labute approximate surface area is 114 Å². The second-order valence-electron chi connectivity index (χ2n) is 5.20. The van der Waals surface area contributed by atoms with Crippen molar-refractivity contribution in [2.45, 2.75) is 38.7 Å². The molecule has 0 radical (unpaired) electrons. The molecule has 0 saturated carbocycles. The summed E-state index contributed by atoms with van der Waals surface area (Å²) in [6.45, 7) is 6.07. The maximum absolute atomic E-state index is 5.64. The number of hydrogen-bond donors (Lipinski definition) is 2. The zero-order chi connectivity index (χ0) is 13.9. The van der Waals surface area contributed by atoms with Gasteiger partial charge in [-0.1, -0.05) is 6.92 Å². The van der Waals surface area contributed by atoms with Crippen molar-refractivity contribution in [2.24, 2.45) is 5.84 Å². The van der Waals surface area contributed by atoms with Crippen molar-refractivity contribution in [3.05, 3.63) is 11.9 Å². The Morgan fingerprint density at radius 1 is 1.53 bits per heavy atom. The summed E-state index contributed by atoms with van der Waals surface area (Å²) in [5, 5.41) is 0. The quantitative estimate of drug-likeness (QED) is 0.632. The van der Waals surface area contributed by atoms with Gasteiger partial charge in [0, 0.05) is 25.8 Å². The SMILES string of the molecule is CCc1c(NN)ncnc1N1CCCC(C)(OC)C1. The molecule has 2 rings (SSSR count). The minimum atomic E-state index is -0.107. The van der Waals surface area contributed by atoms with Crippen molar-refractivity contribution >= 4 is 11.6 Å². The van der Waals surface area contributed by atoms with Crippen molar-refractivity contribution in [1.82, 2.24) is 9.97 Å². The average molecular weight is 265 g/mol. The molecule has 1 aromatic rings. The van der Waals surface area contributed by atoms with Crippen LogP contribution in [0, 0.1) is 0 Å². The van der Waals surface area contributed by atoms with Crippen LogP contribution in [0.25, 0.3) is 0 Å². The third-order valence-electron chi connectivity index (χ3n) is 3.86. The molecule has 106 valence electrons. The van der Waals surface area contributed by atoms with Gasteiger partial charge in [-0.25, -0.2) is 15.8 Å². The van der Waals surface area contributed by atoms with Crippen LogP contribution < -0.4 is 16.2 Å².